The Morgan fingerprint density at radius 1 is 1.30 bits per heavy atom. The number of halogens is 1. The van der Waals surface area contributed by atoms with Crippen LogP contribution in [0.2, 0.25) is 0 Å². The van der Waals surface area contributed by atoms with Crippen molar-refractivity contribution in [3.8, 4) is 6.07 Å². The van der Waals surface area contributed by atoms with Crippen molar-refractivity contribution in [2.75, 3.05) is 0 Å². The summed E-state index contributed by atoms with van der Waals surface area (Å²) in [6, 6.07) is 10.8. The van der Waals surface area contributed by atoms with Crippen molar-refractivity contribution in [2.24, 2.45) is 0 Å². The van der Waals surface area contributed by atoms with Crippen LogP contribution in [0.25, 0.3) is 0 Å². The average molecular weight is 335 g/mol. The van der Waals surface area contributed by atoms with Gasteiger partial charge in [-0.05, 0) is 23.8 Å². The molecule has 100 valence electrons. The van der Waals surface area contributed by atoms with Crippen molar-refractivity contribution in [3.63, 3.8) is 0 Å². The Hall–Kier alpha value is -2.46. The van der Waals surface area contributed by atoms with Crippen LogP contribution in [0, 0.1) is 21.4 Å². The monoisotopic (exact) mass is 334 g/mol. The van der Waals surface area contributed by atoms with Gasteiger partial charge in [0.25, 0.3) is 0 Å². The van der Waals surface area contributed by atoms with E-state index in [1.54, 1.807) is 24.3 Å². The fraction of sp³-hybridized carbons (Fsp3) is 0.0769. The van der Waals surface area contributed by atoms with Crippen molar-refractivity contribution in [2.45, 2.75) is 5.92 Å². The summed E-state index contributed by atoms with van der Waals surface area (Å²) in [5, 5.41) is 19.7. The molecule has 0 aliphatic carbocycles. The molecule has 6 nitrogen and oxygen atoms in total. The predicted octanol–water partition coefficient (Wildman–Crippen LogP) is 3.44. The van der Waals surface area contributed by atoms with Crippen LogP contribution in [-0.2, 0) is 0 Å². The Balaban J connectivity index is 2.31. The Morgan fingerprint density at radius 2 is 1.95 bits per heavy atom. The molecular formula is C13H7BrN2O4. The summed E-state index contributed by atoms with van der Waals surface area (Å²) in [5.74, 6) is -2.40. The fourth-order valence-electron chi connectivity index (χ4n) is 1.64. The first-order valence-electron chi connectivity index (χ1n) is 5.46. The van der Waals surface area contributed by atoms with Crippen LogP contribution in [0.5, 0.6) is 0 Å². The fourth-order valence-corrected chi connectivity index (χ4v) is 1.90. The number of ketones is 1. The third kappa shape index (κ3) is 2.75. The summed E-state index contributed by atoms with van der Waals surface area (Å²) in [6.07, 6.45) is 0. The lowest BCUT2D eigenvalue weighted by atomic mass is 9.95. The molecule has 7 heteroatoms. The number of hydrogen-bond donors (Lipinski definition) is 0. The largest absolute Gasteiger partial charge is 0.433 e. The molecule has 20 heavy (non-hydrogen) atoms. The normalized spacial score (nSPS) is 11.6. The average Bonchev–Trinajstić information content (AvgIpc) is 2.91. The molecule has 0 saturated carbocycles. The van der Waals surface area contributed by atoms with E-state index in [-0.39, 0.29) is 5.76 Å². The Kier molecular flexibility index (Phi) is 3.96. The van der Waals surface area contributed by atoms with Gasteiger partial charge >= 0.3 is 5.88 Å². The zero-order valence-electron chi connectivity index (χ0n) is 9.95. The number of furan rings is 1. The van der Waals surface area contributed by atoms with E-state index in [2.05, 4.69) is 15.9 Å². The molecule has 1 heterocycles. The van der Waals surface area contributed by atoms with E-state index in [4.69, 9.17) is 9.68 Å². The van der Waals surface area contributed by atoms with Crippen molar-refractivity contribution >= 4 is 27.6 Å². The summed E-state index contributed by atoms with van der Waals surface area (Å²) < 4.78 is 5.64. The van der Waals surface area contributed by atoms with E-state index in [1.165, 1.54) is 6.07 Å². The highest BCUT2D eigenvalue weighted by molar-refractivity contribution is 9.10. The van der Waals surface area contributed by atoms with Gasteiger partial charge < -0.3 is 4.42 Å². The maximum absolute atomic E-state index is 12.1. The van der Waals surface area contributed by atoms with Gasteiger partial charge in [-0.25, -0.2) is 0 Å². The van der Waals surface area contributed by atoms with Gasteiger partial charge in [-0.2, -0.15) is 5.26 Å². The molecule has 0 bridgehead atoms. The second-order valence-electron chi connectivity index (χ2n) is 3.87. The smallest absolute Gasteiger partial charge is 0.397 e. The first kappa shape index (κ1) is 14.0. The number of nitro groups is 1. The minimum Gasteiger partial charge on any atom is -0.397 e. The molecule has 0 radical (unpaired) electrons. The standard InChI is InChI=1S/C13H7BrN2O4/c14-9-3-1-8(2-4-9)10(7-15)13(17)11-5-6-12(20-11)16(18)19/h1-6,10H. The molecule has 0 N–H and O–H groups in total. The van der Waals surface area contributed by atoms with Crippen LogP contribution >= 0.6 is 15.9 Å². The van der Waals surface area contributed by atoms with Crippen molar-refractivity contribution in [1.82, 2.24) is 0 Å². The summed E-state index contributed by atoms with van der Waals surface area (Å²) in [5.41, 5.74) is 0.500. The second-order valence-corrected chi connectivity index (χ2v) is 4.79. The summed E-state index contributed by atoms with van der Waals surface area (Å²) in [6.45, 7) is 0. The van der Waals surface area contributed by atoms with E-state index in [9.17, 15) is 14.9 Å². The molecule has 0 amide bonds. The number of nitrogens with zero attached hydrogens (tertiary/aromatic N) is 2. The molecule has 1 aromatic carbocycles. The van der Waals surface area contributed by atoms with Crippen LogP contribution in [0.4, 0.5) is 5.88 Å². The van der Waals surface area contributed by atoms with Gasteiger partial charge in [0.05, 0.1) is 12.1 Å². The minimum atomic E-state index is -1.06. The lowest BCUT2D eigenvalue weighted by Crippen LogP contribution is -2.10. The quantitative estimate of drug-likeness (QED) is 0.484. The Morgan fingerprint density at radius 3 is 2.45 bits per heavy atom. The predicted molar refractivity (Wildman–Crippen MR) is 72.2 cm³/mol. The molecule has 0 aliphatic rings. The van der Waals surface area contributed by atoms with Gasteiger partial charge in [-0.1, -0.05) is 28.1 Å². The number of carbonyl (C=O) groups excluding carboxylic acids is 1. The lowest BCUT2D eigenvalue weighted by Gasteiger charge is -2.06. The van der Waals surface area contributed by atoms with Crippen LogP contribution in [0.3, 0.4) is 0 Å². The van der Waals surface area contributed by atoms with Crippen molar-refractivity contribution in [3.05, 3.63) is 62.3 Å². The number of Topliss-reactive ketones (excluding diaryl/α,β-unsaturated/α-hetero) is 1. The number of benzene rings is 1. The molecule has 0 saturated heterocycles. The lowest BCUT2D eigenvalue weighted by molar-refractivity contribution is -0.402. The van der Waals surface area contributed by atoms with Crippen LogP contribution in [-0.4, -0.2) is 10.7 Å². The third-order valence-electron chi connectivity index (χ3n) is 2.61. The van der Waals surface area contributed by atoms with Crippen molar-refractivity contribution < 1.29 is 14.1 Å². The third-order valence-corrected chi connectivity index (χ3v) is 3.14. The molecule has 0 spiro atoms. The number of hydrogen-bond acceptors (Lipinski definition) is 5. The Labute approximate surface area is 121 Å². The highest BCUT2D eigenvalue weighted by Gasteiger charge is 2.26. The van der Waals surface area contributed by atoms with Gasteiger partial charge in [0.1, 0.15) is 10.8 Å². The first-order valence-corrected chi connectivity index (χ1v) is 6.25. The number of nitriles is 1. The van der Waals surface area contributed by atoms with E-state index in [0.29, 0.717) is 5.56 Å². The summed E-state index contributed by atoms with van der Waals surface area (Å²) in [4.78, 5) is 21.9. The molecule has 0 aliphatic heterocycles. The van der Waals surface area contributed by atoms with Gasteiger partial charge in [0.2, 0.25) is 5.78 Å². The Bertz CT molecular complexity index is 700. The van der Waals surface area contributed by atoms with E-state index >= 15 is 0 Å². The van der Waals surface area contributed by atoms with Crippen LogP contribution < -0.4 is 0 Å². The molecular weight excluding hydrogens is 328 g/mol. The van der Waals surface area contributed by atoms with E-state index < -0.39 is 22.5 Å². The van der Waals surface area contributed by atoms with Crippen LogP contribution in [0.15, 0.2) is 45.3 Å². The molecule has 1 aromatic heterocycles. The highest BCUT2D eigenvalue weighted by Crippen LogP contribution is 2.25. The van der Waals surface area contributed by atoms with E-state index in [1.807, 2.05) is 6.07 Å². The topological polar surface area (TPSA) is 97.1 Å². The molecule has 0 fully saturated rings. The SMILES string of the molecule is N#CC(C(=O)c1ccc([N+](=O)[O-])o1)c1ccc(Br)cc1. The van der Waals surface area contributed by atoms with Crippen LogP contribution in [0.1, 0.15) is 22.0 Å². The van der Waals surface area contributed by atoms with Gasteiger partial charge in [0.15, 0.2) is 5.76 Å². The minimum absolute atomic E-state index is 0.203. The molecule has 1 unspecified atom stereocenters. The number of rotatable bonds is 4. The second kappa shape index (κ2) is 5.67. The zero-order chi connectivity index (χ0) is 14.7. The van der Waals surface area contributed by atoms with Crippen molar-refractivity contribution in [1.29, 1.82) is 5.26 Å². The molecule has 2 aromatic rings. The highest BCUT2D eigenvalue weighted by atomic mass is 79.9. The van der Waals surface area contributed by atoms with Gasteiger partial charge in [0, 0.05) is 4.47 Å². The van der Waals surface area contributed by atoms with Gasteiger partial charge in [-0.15, -0.1) is 0 Å². The maximum atomic E-state index is 12.1. The van der Waals surface area contributed by atoms with E-state index in [0.717, 1.165) is 10.5 Å². The summed E-state index contributed by atoms with van der Waals surface area (Å²) >= 11 is 3.26. The first-order chi connectivity index (χ1) is 9.52. The summed E-state index contributed by atoms with van der Waals surface area (Å²) in [7, 11) is 0. The molecule has 1 atom stereocenters. The molecule has 2 rings (SSSR count). The zero-order valence-corrected chi connectivity index (χ0v) is 11.5. The number of carbonyl (C=O) groups is 1. The maximum Gasteiger partial charge on any atom is 0.433 e. The van der Waals surface area contributed by atoms with Gasteiger partial charge in [-0.3, -0.25) is 14.9 Å².